The second-order valence-electron chi connectivity index (χ2n) is 5.52. The number of benzene rings is 2. The highest BCUT2D eigenvalue weighted by atomic mass is 35.6. The summed E-state index contributed by atoms with van der Waals surface area (Å²) in [4.78, 5) is 6.21. The Morgan fingerprint density at radius 1 is 0.750 bits per heavy atom. The number of hydrogen-bond donors (Lipinski definition) is 2. The van der Waals surface area contributed by atoms with Gasteiger partial charge in [0.2, 0.25) is 0 Å². The van der Waals surface area contributed by atoms with Crippen molar-refractivity contribution in [1.29, 1.82) is 0 Å². The molecule has 0 spiro atoms. The van der Waals surface area contributed by atoms with Gasteiger partial charge < -0.3 is 9.96 Å². The molecule has 6 heteroatoms. The maximum atomic E-state index is 5.52. The average Bonchev–Trinajstić information content (AvgIpc) is 2.58. The van der Waals surface area contributed by atoms with Crippen LogP contribution in [0, 0.1) is 13.8 Å². The van der Waals surface area contributed by atoms with Gasteiger partial charge in [0, 0.05) is 0 Å². The van der Waals surface area contributed by atoms with Crippen LogP contribution in [0.15, 0.2) is 48.5 Å². The summed E-state index contributed by atoms with van der Waals surface area (Å²) >= 11 is 11.0. The molecule has 2 nitrogen and oxygen atoms in total. The molecule has 0 aromatic heterocycles. The van der Waals surface area contributed by atoms with Crippen molar-refractivity contribution >= 4 is 40.1 Å². The molecule has 0 saturated carbocycles. The van der Waals surface area contributed by atoms with Gasteiger partial charge in [-0.25, -0.2) is 0 Å². The highest BCUT2D eigenvalue weighted by Gasteiger charge is 1.93. The monoisotopic (exact) mass is 394 g/mol. The van der Waals surface area contributed by atoms with Gasteiger partial charge in [-0.15, -0.1) is 22.2 Å². The molecule has 0 aliphatic carbocycles. The van der Waals surface area contributed by atoms with Gasteiger partial charge in [0.15, 0.2) is 0 Å². The van der Waals surface area contributed by atoms with E-state index in [1.807, 2.05) is 0 Å². The number of rotatable bonds is 8. The quantitative estimate of drug-likeness (QED) is 0.404. The topological polar surface area (TPSA) is 24.1 Å². The Labute approximate surface area is 160 Å². The van der Waals surface area contributed by atoms with Crippen LogP contribution in [0.1, 0.15) is 22.3 Å². The van der Waals surface area contributed by atoms with E-state index in [-0.39, 0.29) is 0 Å². The third kappa shape index (κ3) is 10.3. The molecule has 0 aliphatic rings. The Balaban J connectivity index is 0.000000240. The molecule has 2 rings (SSSR count). The highest BCUT2D eigenvalue weighted by Crippen LogP contribution is 2.04. The average molecular weight is 395 g/mol. The lowest BCUT2D eigenvalue weighted by atomic mass is 10.1. The first-order chi connectivity index (χ1) is 11.7. The van der Waals surface area contributed by atoms with Crippen LogP contribution in [0.5, 0.6) is 0 Å². The van der Waals surface area contributed by atoms with Gasteiger partial charge in [0.05, 0.1) is 0 Å². The number of nitrogens with one attached hydrogen (secondary N) is 2. The van der Waals surface area contributed by atoms with Crippen LogP contribution in [-0.2, 0) is 12.8 Å². The third-order valence-electron chi connectivity index (χ3n) is 3.41. The normalized spacial score (nSPS) is 10.2. The van der Waals surface area contributed by atoms with E-state index in [0.29, 0.717) is 18.0 Å². The van der Waals surface area contributed by atoms with Gasteiger partial charge in [-0.05, 0) is 50.9 Å². The summed E-state index contributed by atoms with van der Waals surface area (Å²) in [5.41, 5.74) is 5.37. The predicted octanol–water partition coefficient (Wildman–Crippen LogP) is 3.80. The van der Waals surface area contributed by atoms with Crippen LogP contribution in [0.3, 0.4) is 0 Å². The molecule has 0 atom stereocenters. The summed E-state index contributed by atoms with van der Waals surface area (Å²) < 4.78 is 0. The second kappa shape index (κ2) is 13.6. The lowest BCUT2D eigenvalue weighted by molar-refractivity contribution is 0.894. The van der Waals surface area contributed by atoms with Crippen LogP contribution >= 0.6 is 22.2 Å². The third-order valence-corrected chi connectivity index (χ3v) is 4.98. The maximum Gasteiger partial charge on any atom is 0.270 e. The molecule has 0 bridgehead atoms. The van der Waals surface area contributed by atoms with E-state index in [9.17, 15) is 0 Å². The van der Waals surface area contributed by atoms with Crippen molar-refractivity contribution in [2.45, 2.75) is 26.7 Å². The standard InChI is InChI=1S/2C9H12ClNSi/c1-8-2-4-9(5-3-8)6-7-11-12-10;1-8-3-2-4-9(7-8)5-6-11-12-10/h2-5,11H,6-7H2,1H3;2-4,7,11H,5-6H2,1H3. The molecule has 128 valence electrons. The smallest absolute Gasteiger partial charge is 0.270 e. The molecular weight excluding hydrogens is 371 g/mol. The molecule has 2 aromatic carbocycles. The van der Waals surface area contributed by atoms with Gasteiger partial charge in [-0.2, -0.15) is 0 Å². The molecule has 0 aliphatic heterocycles. The van der Waals surface area contributed by atoms with Crippen molar-refractivity contribution in [3.63, 3.8) is 0 Å². The van der Waals surface area contributed by atoms with Crippen molar-refractivity contribution in [3.05, 3.63) is 70.8 Å². The van der Waals surface area contributed by atoms with Crippen LogP contribution in [-0.4, -0.2) is 31.1 Å². The van der Waals surface area contributed by atoms with Crippen molar-refractivity contribution in [2.24, 2.45) is 0 Å². The molecular formula is C18H24Cl2N2Si2. The lowest BCUT2D eigenvalue weighted by Gasteiger charge is -2.01. The van der Waals surface area contributed by atoms with Gasteiger partial charge in [-0.1, -0.05) is 59.7 Å². The Morgan fingerprint density at radius 3 is 1.88 bits per heavy atom. The van der Waals surface area contributed by atoms with E-state index in [0.717, 1.165) is 25.9 Å². The highest BCUT2D eigenvalue weighted by molar-refractivity contribution is 6.92. The van der Waals surface area contributed by atoms with E-state index in [4.69, 9.17) is 22.2 Å². The molecule has 2 N–H and O–H groups in total. The minimum absolute atomic E-state index is 0.329. The molecule has 0 heterocycles. The van der Waals surface area contributed by atoms with Crippen LogP contribution in [0.2, 0.25) is 0 Å². The number of aryl methyl sites for hydroxylation is 2. The maximum absolute atomic E-state index is 5.52. The fraction of sp³-hybridized carbons (Fsp3) is 0.333. The van der Waals surface area contributed by atoms with E-state index in [2.05, 4.69) is 72.3 Å². The predicted molar refractivity (Wildman–Crippen MR) is 109 cm³/mol. The molecule has 0 saturated heterocycles. The first-order valence-electron chi connectivity index (χ1n) is 7.93. The minimum atomic E-state index is 0.329. The Hall–Kier alpha value is -0.626. The van der Waals surface area contributed by atoms with Gasteiger partial charge in [0.1, 0.15) is 0 Å². The zero-order chi connectivity index (χ0) is 17.6. The zero-order valence-electron chi connectivity index (χ0n) is 14.2. The van der Waals surface area contributed by atoms with E-state index >= 15 is 0 Å². The Kier molecular flexibility index (Phi) is 12.2. The summed E-state index contributed by atoms with van der Waals surface area (Å²) in [7, 11) is 0.658. The van der Waals surface area contributed by atoms with E-state index < -0.39 is 0 Å². The molecule has 0 unspecified atom stereocenters. The van der Waals surface area contributed by atoms with E-state index in [1.54, 1.807) is 0 Å². The minimum Gasteiger partial charge on any atom is -0.326 e. The Bertz CT molecular complexity index is 565. The fourth-order valence-electron chi connectivity index (χ4n) is 2.13. The van der Waals surface area contributed by atoms with Crippen LogP contribution < -0.4 is 9.96 Å². The second-order valence-corrected chi connectivity index (χ2v) is 7.74. The molecule has 24 heavy (non-hydrogen) atoms. The summed E-state index contributed by atoms with van der Waals surface area (Å²) in [6, 6.07) is 17.2. The fourth-order valence-corrected chi connectivity index (χ4v) is 3.14. The van der Waals surface area contributed by atoms with Crippen molar-refractivity contribution < 1.29 is 0 Å². The number of hydrogen-bond acceptors (Lipinski definition) is 2. The van der Waals surface area contributed by atoms with Crippen molar-refractivity contribution in [1.82, 2.24) is 9.96 Å². The van der Waals surface area contributed by atoms with Crippen LogP contribution in [0.25, 0.3) is 0 Å². The Morgan fingerprint density at radius 2 is 1.33 bits per heavy atom. The van der Waals surface area contributed by atoms with Gasteiger partial charge in [-0.3, -0.25) is 0 Å². The molecule has 4 radical (unpaired) electrons. The molecule has 0 fully saturated rings. The molecule has 0 amide bonds. The van der Waals surface area contributed by atoms with Crippen molar-refractivity contribution in [3.8, 4) is 0 Å². The van der Waals surface area contributed by atoms with Gasteiger partial charge >= 0.3 is 0 Å². The summed E-state index contributed by atoms with van der Waals surface area (Å²) in [5, 5.41) is 0. The summed E-state index contributed by atoms with van der Waals surface area (Å²) in [5.74, 6) is 0. The first kappa shape index (κ1) is 21.4. The SMILES string of the molecule is Cc1ccc(CCN[Si]Cl)cc1.Cc1cccc(CCN[Si]Cl)c1. The largest absolute Gasteiger partial charge is 0.326 e. The van der Waals surface area contributed by atoms with E-state index in [1.165, 1.54) is 22.3 Å². The summed E-state index contributed by atoms with van der Waals surface area (Å²) in [6.07, 6.45) is 2.11. The number of halogens is 2. The van der Waals surface area contributed by atoms with Crippen molar-refractivity contribution in [2.75, 3.05) is 13.1 Å². The zero-order valence-corrected chi connectivity index (χ0v) is 17.7. The molecule has 2 aromatic rings. The van der Waals surface area contributed by atoms with Gasteiger partial charge in [0.25, 0.3) is 18.0 Å². The first-order valence-corrected chi connectivity index (χ1v) is 12.0. The lowest BCUT2D eigenvalue weighted by Crippen LogP contribution is -2.17. The summed E-state index contributed by atoms with van der Waals surface area (Å²) in [6.45, 7) is 6.14. The van der Waals surface area contributed by atoms with Crippen LogP contribution in [0.4, 0.5) is 0 Å².